The number of nitrogens with zero attached hydrogens (tertiary/aromatic N) is 3. The highest BCUT2D eigenvalue weighted by molar-refractivity contribution is 5.50. The molecule has 5 nitrogen and oxygen atoms in total. The van der Waals surface area contributed by atoms with Gasteiger partial charge in [0.15, 0.2) is 0 Å². The van der Waals surface area contributed by atoms with Crippen molar-refractivity contribution in [1.29, 1.82) is 0 Å². The van der Waals surface area contributed by atoms with E-state index in [1.165, 1.54) is 0 Å². The van der Waals surface area contributed by atoms with E-state index < -0.39 is 0 Å². The van der Waals surface area contributed by atoms with E-state index in [4.69, 9.17) is 0 Å². The number of hydrogen-bond acceptors (Lipinski definition) is 5. The average molecular weight is 264 g/mol. The second-order valence-corrected chi connectivity index (χ2v) is 6.10. The van der Waals surface area contributed by atoms with Gasteiger partial charge in [0.05, 0.1) is 6.10 Å². The molecule has 1 atom stereocenters. The van der Waals surface area contributed by atoms with Gasteiger partial charge in [-0.15, -0.1) is 0 Å². The third-order valence-electron chi connectivity index (χ3n) is 3.23. The van der Waals surface area contributed by atoms with Crippen molar-refractivity contribution in [3.8, 4) is 0 Å². The lowest BCUT2D eigenvalue weighted by molar-refractivity contribution is 0.198. The van der Waals surface area contributed by atoms with Crippen molar-refractivity contribution in [1.82, 2.24) is 9.97 Å². The predicted octanol–water partition coefficient (Wildman–Crippen LogP) is 1.78. The Balaban J connectivity index is 2.34. The summed E-state index contributed by atoms with van der Waals surface area (Å²) in [6, 6.07) is 1.97. The summed E-state index contributed by atoms with van der Waals surface area (Å²) < 4.78 is 0. The fraction of sp³-hybridized carbons (Fsp3) is 0.714. The van der Waals surface area contributed by atoms with Crippen LogP contribution in [0.1, 0.15) is 39.9 Å². The molecule has 1 fully saturated rings. The highest BCUT2D eigenvalue weighted by Gasteiger charge is 2.25. The van der Waals surface area contributed by atoms with E-state index in [0.717, 1.165) is 37.0 Å². The molecule has 0 aliphatic carbocycles. The fourth-order valence-corrected chi connectivity index (χ4v) is 2.15. The van der Waals surface area contributed by atoms with Crippen LogP contribution in [-0.4, -0.2) is 40.8 Å². The Kier molecular flexibility index (Phi) is 3.94. The van der Waals surface area contributed by atoms with Crippen LogP contribution in [0, 0.1) is 0 Å². The Bertz CT molecular complexity index is 442. The normalized spacial score (nSPS) is 19.8. The molecule has 1 aliphatic rings. The molecule has 1 aromatic heterocycles. The first kappa shape index (κ1) is 14.1. The molecule has 1 aromatic rings. The minimum atomic E-state index is -0.240. The summed E-state index contributed by atoms with van der Waals surface area (Å²) in [4.78, 5) is 11.4. The number of aliphatic hydroxyl groups is 1. The van der Waals surface area contributed by atoms with Gasteiger partial charge in [0, 0.05) is 31.1 Å². The topological polar surface area (TPSA) is 61.3 Å². The Morgan fingerprint density at radius 2 is 2.16 bits per heavy atom. The van der Waals surface area contributed by atoms with E-state index in [-0.39, 0.29) is 11.5 Å². The molecule has 0 radical (unpaired) electrons. The molecular formula is C14H24N4O. The Morgan fingerprint density at radius 1 is 1.42 bits per heavy atom. The van der Waals surface area contributed by atoms with Crippen LogP contribution in [0.5, 0.6) is 0 Å². The average Bonchev–Trinajstić information content (AvgIpc) is 2.75. The molecule has 1 aliphatic heterocycles. The second-order valence-electron chi connectivity index (χ2n) is 6.10. The van der Waals surface area contributed by atoms with Crippen molar-refractivity contribution in [3.63, 3.8) is 0 Å². The van der Waals surface area contributed by atoms with Crippen molar-refractivity contribution < 1.29 is 5.11 Å². The summed E-state index contributed by atoms with van der Waals surface area (Å²) >= 11 is 0. The van der Waals surface area contributed by atoms with E-state index in [1.54, 1.807) is 0 Å². The zero-order valence-corrected chi connectivity index (χ0v) is 12.3. The zero-order chi connectivity index (χ0) is 14.0. The van der Waals surface area contributed by atoms with Gasteiger partial charge in [-0.1, -0.05) is 20.8 Å². The van der Waals surface area contributed by atoms with Crippen LogP contribution in [0.25, 0.3) is 0 Å². The van der Waals surface area contributed by atoms with Crippen molar-refractivity contribution in [2.45, 2.75) is 45.6 Å². The van der Waals surface area contributed by atoms with Gasteiger partial charge < -0.3 is 15.3 Å². The van der Waals surface area contributed by atoms with Crippen LogP contribution in [0.15, 0.2) is 6.07 Å². The third-order valence-corrected chi connectivity index (χ3v) is 3.23. The molecule has 0 amide bonds. The van der Waals surface area contributed by atoms with Crippen molar-refractivity contribution in [2.24, 2.45) is 0 Å². The maximum atomic E-state index is 9.66. The van der Waals surface area contributed by atoms with E-state index in [0.29, 0.717) is 6.54 Å². The molecule has 0 aromatic carbocycles. The third kappa shape index (κ3) is 3.35. The van der Waals surface area contributed by atoms with Gasteiger partial charge in [0.1, 0.15) is 17.5 Å². The van der Waals surface area contributed by atoms with Gasteiger partial charge in [-0.2, -0.15) is 0 Å². The summed E-state index contributed by atoms with van der Waals surface area (Å²) in [7, 11) is 0. The molecule has 1 unspecified atom stereocenters. The Labute approximate surface area is 115 Å². The highest BCUT2D eigenvalue weighted by Crippen LogP contribution is 2.26. The van der Waals surface area contributed by atoms with Crippen LogP contribution in [0.2, 0.25) is 0 Å². The number of aromatic nitrogens is 2. The summed E-state index contributed by atoms with van der Waals surface area (Å²) in [5.74, 6) is 2.61. The lowest BCUT2D eigenvalue weighted by atomic mass is 9.96. The molecule has 0 bridgehead atoms. The first-order chi connectivity index (χ1) is 8.90. The molecular weight excluding hydrogens is 240 g/mol. The zero-order valence-electron chi connectivity index (χ0n) is 12.3. The van der Waals surface area contributed by atoms with Crippen LogP contribution in [-0.2, 0) is 5.41 Å². The van der Waals surface area contributed by atoms with Crippen molar-refractivity contribution in [3.05, 3.63) is 11.9 Å². The number of aliphatic hydroxyl groups excluding tert-OH is 1. The number of β-amino-alcohol motifs (C(OH)–C–C–N with tert-alkyl or cyclic N) is 1. The standard InChI is InChI=1S/C14H24N4O/c1-5-15-11-8-12(18-7-6-10(19)9-18)17-13(16-11)14(2,3)4/h8,10,19H,5-7,9H2,1-4H3,(H,15,16,17). The summed E-state index contributed by atoms with van der Waals surface area (Å²) in [6.45, 7) is 10.7. The molecule has 5 heteroatoms. The monoisotopic (exact) mass is 264 g/mol. The number of nitrogens with one attached hydrogen (secondary N) is 1. The first-order valence-corrected chi connectivity index (χ1v) is 6.96. The predicted molar refractivity (Wildman–Crippen MR) is 77.7 cm³/mol. The van der Waals surface area contributed by atoms with Crippen molar-refractivity contribution >= 4 is 11.6 Å². The van der Waals surface area contributed by atoms with E-state index in [9.17, 15) is 5.11 Å². The van der Waals surface area contributed by atoms with Crippen molar-refractivity contribution in [2.75, 3.05) is 29.9 Å². The number of rotatable bonds is 3. The number of anilines is 2. The van der Waals surface area contributed by atoms with E-state index >= 15 is 0 Å². The van der Waals surface area contributed by atoms with Gasteiger partial charge in [0.2, 0.25) is 0 Å². The van der Waals surface area contributed by atoms with Crippen LogP contribution >= 0.6 is 0 Å². The lowest BCUT2D eigenvalue weighted by Gasteiger charge is -2.23. The second kappa shape index (κ2) is 5.33. The Morgan fingerprint density at radius 3 is 2.68 bits per heavy atom. The van der Waals surface area contributed by atoms with E-state index in [2.05, 4.69) is 47.9 Å². The minimum Gasteiger partial charge on any atom is -0.391 e. The van der Waals surface area contributed by atoms with Gasteiger partial charge in [-0.25, -0.2) is 9.97 Å². The van der Waals surface area contributed by atoms with Crippen LogP contribution in [0.4, 0.5) is 11.6 Å². The van der Waals surface area contributed by atoms with Crippen LogP contribution in [0.3, 0.4) is 0 Å². The number of hydrogen-bond donors (Lipinski definition) is 2. The SMILES string of the molecule is CCNc1cc(N2CCC(O)C2)nc(C(C)(C)C)n1. The molecule has 2 rings (SSSR count). The molecule has 19 heavy (non-hydrogen) atoms. The Hall–Kier alpha value is -1.36. The summed E-state index contributed by atoms with van der Waals surface area (Å²) in [5, 5.41) is 12.9. The first-order valence-electron chi connectivity index (χ1n) is 6.96. The quantitative estimate of drug-likeness (QED) is 0.871. The van der Waals surface area contributed by atoms with Gasteiger partial charge in [-0.3, -0.25) is 0 Å². The maximum Gasteiger partial charge on any atom is 0.138 e. The largest absolute Gasteiger partial charge is 0.391 e. The van der Waals surface area contributed by atoms with E-state index in [1.807, 2.05) is 6.07 Å². The van der Waals surface area contributed by atoms with Crippen LogP contribution < -0.4 is 10.2 Å². The highest BCUT2D eigenvalue weighted by atomic mass is 16.3. The molecule has 0 spiro atoms. The molecule has 1 saturated heterocycles. The maximum absolute atomic E-state index is 9.66. The summed E-state index contributed by atoms with van der Waals surface area (Å²) in [5.41, 5.74) is -0.0848. The molecule has 2 heterocycles. The minimum absolute atomic E-state index is 0.0848. The van der Waals surface area contributed by atoms with Gasteiger partial charge in [-0.05, 0) is 13.3 Å². The van der Waals surface area contributed by atoms with Gasteiger partial charge >= 0.3 is 0 Å². The fourth-order valence-electron chi connectivity index (χ4n) is 2.15. The molecule has 2 N–H and O–H groups in total. The smallest absolute Gasteiger partial charge is 0.138 e. The summed E-state index contributed by atoms with van der Waals surface area (Å²) in [6.07, 6.45) is 0.571. The van der Waals surface area contributed by atoms with Gasteiger partial charge in [0.25, 0.3) is 0 Å². The molecule has 0 saturated carbocycles. The lowest BCUT2D eigenvalue weighted by Crippen LogP contribution is -2.25. The molecule has 106 valence electrons.